The van der Waals surface area contributed by atoms with Crippen molar-refractivity contribution in [2.45, 2.75) is 38.7 Å². The van der Waals surface area contributed by atoms with Crippen molar-refractivity contribution in [3.8, 4) is 0 Å². The predicted molar refractivity (Wildman–Crippen MR) is 84.3 cm³/mol. The van der Waals surface area contributed by atoms with Crippen LogP contribution in [-0.4, -0.2) is 73.5 Å². The lowest BCUT2D eigenvalue weighted by molar-refractivity contribution is -0.00831. The Morgan fingerprint density at radius 2 is 1.86 bits per heavy atom. The van der Waals surface area contributed by atoms with Gasteiger partial charge in [-0.1, -0.05) is 13.3 Å². The van der Waals surface area contributed by atoms with Gasteiger partial charge in [0.1, 0.15) is 0 Å². The number of hydrogen-bond donors (Lipinski definition) is 1. The third kappa shape index (κ3) is 4.19. The first kappa shape index (κ1) is 15.7. The first-order chi connectivity index (χ1) is 10.2. The molecule has 4 heteroatoms. The second-order valence-corrected chi connectivity index (χ2v) is 7.36. The number of rotatable bonds is 7. The molecule has 4 atom stereocenters. The molecule has 3 aliphatic rings. The standard InChI is InChI=1S/C17H32N2O2/c1-2-18-5-7-19(8-6-18)11-17(20)13-21-12-16-10-14-3-4-15(16)9-14/h14-17,20H,2-13H2,1H3/t14-,15-,16+,17+/m0/s1. The molecule has 0 spiro atoms. The number of hydrogen-bond acceptors (Lipinski definition) is 4. The summed E-state index contributed by atoms with van der Waals surface area (Å²) in [5.74, 6) is 2.70. The number of aliphatic hydroxyl groups excluding tert-OH is 1. The van der Waals surface area contributed by atoms with Crippen LogP contribution in [0.1, 0.15) is 32.6 Å². The maximum Gasteiger partial charge on any atom is 0.0900 e. The second-order valence-electron chi connectivity index (χ2n) is 7.36. The lowest BCUT2D eigenvalue weighted by Gasteiger charge is -2.35. The molecule has 0 aromatic heterocycles. The topological polar surface area (TPSA) is 35.9 Å². The lowest BCUT2D eigenvalue weighted by atomic mass is 9.90. The van der Waals surface area contributed by atoms with Gasteiger partial charge < -0.3 is 14.7 Å². The van der Waals surface area contributed by atoms with E-state index in [9.17, 15) is 5.11 Å². The molecule has 3 rings (SSSR count). The summed E-state index contributed by atoms with van der Waals surface area (Å²) >= 11 is 0. The highest BCUT2D eigenvalue weighted by Crippen LogP contribution is 2.48. The van der Waals surface area contributed by atoms with E-state index in [0.29, 0.717) is 6.61 Å². The molecule has 0 radical (unpaired) electrons. The molecule has 0 amide bonds. The van der Waals surface area contributed by atoms with Gasteiger partial charge in [0, 0.05) is 39.3 Å². The minimum absolute atomic E-state index is 0.322. The van der Waals surface area contributed by atoms with Crippen LogP contribution in [0.4, 0.5) is 0 Å². The van der Waals surface area contributed by atoms with Crippen LogP contribution in [0.3, 0.4) is 0 Å². The Kier molecular flexibility index (Phi) is 5.54. The first-order valence-electron chi connectivity index (χ1n) is 8.95. The summed E-state index contributed by atoms with van der Waals surface area (Å²) in [6.45, 7) is 9.95. The Labute approximate surface area is 129 Å². The van der Waals surface area contributed by atoms with E-state index in [1.807, 2.05) is 0 Å². The summed E-state index contributed by atoms with van der Waals surface area (Å²) in [5, 5.41) is 10.2. The summed E-state index contributed by atoms with van der Waals surface area (Å²) in [7, 11) is 0. The average Bonchev–Trinajstić information content (AvgIpc) is 3.11. The number of nitrogens with zero attached hydrogens (tertiary/aromatic N) is 2. The van der Waals surface area contributed by atoms with Crippen LogP contribution < -0.4 is 0 Å². The van der Waals surface area contributed by atoms with E-state index >= 15 is 0 Å². The van der Waals surface area contributed by atoms with Crippen molar-refractivity contribution in [2.75, 3.05) is 52.5 Å². The molecular weight excluding hydrogens is 264 g/mol. The van der Waals surface area contributed by atoms with E-state index < -0.39 is 0 Å². The van der Waals surface area contributed by atoms with Gasteiger partial charge in [-0.15, -0.1) is 0 Å². The summed E-state index contributed by atoms with van der Waals surface area (Å²) in [5.41, 5.74) is 0. The van der Waals surface area contributed by atoms with Crippen LogP contribution in [0.25, 0.3) is 0 Å². The molecular formula is C17H32N2O2. The van der Waals surface area contributed by atoms with E-state index in [1.165, 1.54) is 25.7 Å². The Hall–Kier alpha value is -0.160. The molecule has 4 nitrogen and oxygen atoms in total. The lowest BCUT2D eigenvalue weighted by Crippen LogP contribution is -2.48. The van der Waals surface area contributed by atoms with Gasteiger partial charge >= 0.3 is 0 Å². The molecule has 2 saturated carbocycles. The molecule has 1 heterocycles. The molecule has 1 aliphatic heterocycles. The molecule has 3 fully saturated rings. The minimum Gasteiger partial charge on any atom is -0.389 e. The smallest absolute Gasteiger partial charge is 0.0900 e. The van der Waals surface area contributed by atoms with Gasteiger partial charge in [0.2, 0.25) is 0 Å². The molecule has 1 saturated heterocycles. The fraction of sp³-hybridized carbons (Fsp3) is 1.00. The number of piperazine rings is 1. The highest BCUT2D eigenvalue weighted by molar-refractivity contribution is 4.89. The van der Waals surface area contributed by atoms with Crippen molar-refractivity contribution < 1.29 is 9.84 Å². The molecule has 0 unspecified atom stereocenters. The van der Waals surface area contributed by atoms with Gasteiger partial charge in [0.25, 0.3) is 0 Å². The SMILES string of the molecule is CCN1CCN(C[C@@H](O)COC[C@H]2C[C@H]3CC[C@H]2C3)CC1. The van der Waals surface area contributed by atoms with Crippen LogP contribution in [-0.2, 0) is 4.74 Å². The Morgan fingerprint density at radius 3 is 2.48 bits per heavy atom. The number of aliphatic hydroxyl groups is 1. The largest absolute Gasteiger partial charge is 0.389 e. The monoisotopic (exact) mass is 296 g/mol. The van der Waals surface area contributed by atoms with Crippen molar-refractivity contribution in [2.24, 2.45) is 17.8 Å². The summed E-state index contributed by atoms with van der Waals surface area (Å²) in [4.78, 5) is 4.84. The van der Waals surface area contributed by atoms with Gasteiger partial charge in [-0.3, -0.25) is 4.90 Å². The van der Waals surface area contributed by atoms with E-state index in [-0.39, 0.29) is 6.10 Å². The quantitative estimate of drug-likeness (QED) is 0.771. The third-order valence-corrected chi connectivity index (χ3v) is 5.91. The Bertz CT molecular complexity index is 318. The van der Waals surface area contributed by atoms with Crippen LogP contribution in [0.5, 0.6) is 0 Å². The van der Waals surface area contributed by atoms with Crippen molar-refractivity contribution >= 4 is 0 Å². The highest BCUT2D eigenvalue weighted by atomic mass is 16.5. The molecule has 0 aromatic carbocycles. The second kappa shape index (κ2) is 7.40. The number of fused-ring (bicyclic) bond motifs is 2. The van der Waals surface area contributed by atoms with E-state index in [2.05, 4.69) is 16.7 Å². The highest BCUT2D eigenvalue weighted by Gasteiger charge is 2.39. The zero-order chi connectivity index (χ0) is 14.7. The van der Waals surface area contributed by atoms with Crippen LogP contribution in [0.15, 0.2) is 0 Å². The van der Waals surface area contributed by atoms with Crippen LogP contribution in [0, 0.1) is 17.8 Å². The fourth-order valence-corrected chi connectivity index (χ4v) is 4.57. The number of β-amino-alcohol motifs (C(OH)–C–C–N with tert-alkyl or cyclic N) is 1. The van der Waals surface area contributed by atoms with Gasteiger partial charge in [0.05, 0.1) is 12.7 Å². The van der Waals surface area contributed by atoms with Crippen molar-refractivity contribution in [1.29, 1.82) is 0 Å². The number of ether oxygens (including phenoxy) is 1. The van der Waals surface area contributed by atoms with Crippen LogP contribution >= 0.6 is 0 Å². The fourth-order valence-electron chi connectivity index (χ4n) is 4.57. The van der Waals surface area contributed by atoms with Crippen molar-refractivity contribution in [3.63, 3.8) is 0 Å². The zero-order valence-corrected chi connectivity index (χ0v) is 13.5. The van der Waals surface area contributed by atoms with E-state index in [0.717, 1.165) is 63.6 Å². The summed E-state index contributed by atoms with van der Waals surface area (Å²) < 4.78 is 5.83. The normalized spacial score (nSPS) is 35.4. The summed E-state index contributed by atoms with van der Waals surface area (Å²) in [6, 6.07) is 0. The van der Waals surface area contributed by atoms with E-state index in [1.54, 1.807) is 0 Å². The maximum absolute atomic E-state index is 10.2. The third-order valence-electron chi connectivity index (χ3n) is 5.91. The first-order valence-corrected chi connectivity index (χ1v) is 8.95. The van der Waals surface area contributed by atoms with Crippen molar-refractivity contribution in [1.82, 2.24) is 9.80 Å². The van der Waals surface area contributed by atoms with Gasteiger partial charge in [-0.25, -0.2) is 0 Å². The average molecular weight is 296 g/mol. The molecule has 2 aliphatic carbocycles. The Morgan fingerprint density at radius 1 is 1.10 bits per heavy atom. The van der Waals surface area contributed by atoms with Crippen molar-refractivity contribution in [3.05, 3.63) is 0 Å². The molecule has 21 heavy (non-hydrogen) atoms. The molecule has 1 N–H and O–H groups in total. The zero-order valence-electron chi connectivity index (χ0n) is 13.5. The van der Waals surface area contributed by atoms with Gasteiger partial charge in [-0.05, 0) is 43.6 Å². The summed E-state index contributed by atoms with van der Waals surface area (Å²) in [6.07, 6.45) is 5.37. The number of likely N-dealkylation sites (N-methyl/N-ethyl adjacent to an activating group) is 1. The minimum atomic E-state index is -0.322. The predicted octanol–water partition coefficient (Wildman–Crippen LogP) is 1.44. The van der Waals surface area contributed by atoms with Gasteiger partial charge in [0.15, 0.2) is 0 Å². The maximum atomic E-state index is 10.2. The van der Waals surface area contributed by atoms with Gasteiger partial charge in [-0.2, -0.15) is 0 Å². The molecule has 122 valence electrons. The molecule has 0 aromatic rings. The molecule has 2 bridgehead atoms. The Balaban J connectivity index is 1.27. The van der Waals surface area contributed by atoms with Crippen LogP contribution in [0.2, 0.25) is 0 Å². The van der Waals surface area contributed by atoms with E-state index in [4.69, 9.17) is 4.74 Å².